The summed E-state index contributed by atoms with van der Waals surface area (Å²) in [4.78, 5) is 11.9. The summed E-state index contributed by atoms with van der Waals surface area (Å²) in [5.74, 6) is 0.289. The van der Waals surface area contributed by atoms with Crippen molar-refractivity contribution in [3.8, 4) is 0 Å². The highest BCUT2D eigenvalue weighted by atomic mass is 79.9. The summed E-state index contributed by atoms with van der Waals surface area (Å²) >= 11 is 3.43. The number of halogens is 1. The number of carbonyl (C=O) groups is 1. The highest BCUT2D eigenvalue weighted by molar-refractivity contribution is 9.10. The van der Waals surface area contributed by atoms with Gasteiger partial charge < -0.3 is 4.74 Å². The number of ether oxygens (including phenoxy) is 1. The van der Waals surface area contributed by atoms with Crippen molar-refractivity contribution in [3.63, 3.8) is 0 Å². The average Bonchev–Trinajstić information content (AvgIpc) is 2.93. The Bertz CT molecular complexity index is 741. The minimum Gasteiger partial charge on any atom is -0.446 e. The third-order valence-corrected chi connectivity index (χ3v) is 3.89. The molecule has 112 valence electrons. The molecule has 4 nitrogen and oxygen atoms in total. The zero-order valence-electron chi connectivity index (χ0n) is 12.3. The van der Waals surface area contributed by atoms with Gasteiger partial charge in [0.15, 0.2) is 0 Å². The highest BCUT2D eigenvalue weighted by Gasteiger charge is 2.32. The van der Waals surface area contributed by atoms with Crippen molar-refractivity contribution >= 4 is 27.7 Å². The largest absolute Gasteiger partial charge is 0.446 e. The molecule has 2 aromatic rings. The molecule has 0 spiro atoms. The van der Waals surface area contributed by atoms with Crippen LogP contribution in [0.1, 0.15) is 29.8 Å². The fraction of sp³-hybridized carbons (Fsp3) is 0.176. The normalized spacial score (nSPS) is 17.1. The van der Waals surface area contributed by atoms with E-state index in [0.29, 0.717) is 5.90 Å². The Morgan fingerprint density at radius 1 is 1.23 bits per heavy atom. The molecule has 1 unspecified atom stereocenters. The van der Waals surface area contributed by atoms with Crippen molar-refractivity contribution in [2.75, 3.05) is 0 Å². The van der Waals surface area contributed by atoms with Crippen molar-refractivity contribution < 1.29 is 9.53 Å². The first-order valence-corrected chi connectivity index (χ1v) is 7.71. The van der Waals surface area contributed by atoms with Crippen LogP contribution in [0.2, 0.25) is 0 Å². The molecule has 2 aromatic carbocycles. The molecule has 5 heteroatoms. The Morgan fingerprint density at radius 3 is 2.59 bits per heavy atom. The molecule has 0 radical (unpaired) electrons. The van der Waals surface area contributed by atoms with Crippen LogP contribution in [0.4, 0.5) is 0 Å². The average molecular weight is 359 g/mol. The first-order valence-electron chi connectivity index (χ1n) is 6.92. The standard InChI is InChI=1S/C17H15BrN2O2/c1-11-6-8-13(9-7-11)17-20(12(2)21)19-16(22-17)14-4-3-5-15(18)10-14/h3-10,17H,1-2H3. The van der Waals surface area contributed by atoms with Gasteiger partial charge in [-0.25, -0.2) is 0 Å². The van der Waals surface area contributed by atoms with Gasteiger partial charge in [0.25, 0.3) is 0 Å². The maximum Gasteiger partial charge on any atom is 0.243 e. The van der Waals surface area contributed by atoms with Gasteiger partial charge in [0.2, 0.25) is 18.0 Å². The van der Waals surface area contributed by atoms with Crippen LogP contribution < -0.4 is 0 Å². The molecule has 0 aliphatic carbocycles. The Hall–Kier alpha value is -2.14. The summed E-state index contributed by atoms with van der Waals surface area (Å²) in [6.45, 7) is 3.50. The van der Waals surface area contributed by atoms with Gasteiger partial charge in [-0.05, 0) is 25.1 Å². The van der Waals surface area contributed by atoms with Crippen molar-refractivity contribution in [2.45, 2.75) is 20.1 Å². The molecule has 3 rings (SSSR count). The van der Waals surface area contributed by atoms with Crippen molar-refractivity contribution in [1.29, 1.82) is 0 Å². The van der Waals surface area contributed by atoms with E-state index in [0.717, 1.165) is 21.2 Å². The molecular weight excluding hydrogens is 344 g/mol. The molecule has 1 amide bonds. The van der Waals surface area contributed by atoms with Crippen LogP contribution in [0.25, 0.3) is 0 Å². The summed E-state index contributed by atoms with van der Waals surface area (Å²) < 4.78 is 6.87. The number of nitrogens with zero attached hydrogens (tertiary/aromatic N) is 2. The Kier molecular flexibility index (Phi) is 3.98. The predicted molar refractivity (Wildman–Crippen MR) is 88.2 cm³/mol. The SMILES string of the molecule is CC(=O)N1N=C(c2cccc(Br)c2)OC1c1ccc(C)cc1. The van der Waals surface area contributed by atoms with Gasteiger partial charge in [-0.3, -0.25) is 4.79 Å². The summed E-state index contributed by atoms with van der Waals surface area (Å²) in [7, 11) is 0. The lowest BCUT2D eigenvalue weighted by Gasteiger charge is -2.19. The van der Waals surface area contributed by atoms with E-state index in [-0.39, 0.29) is 5.91 Å². The van der Waals surface area contributed by atoms with Crippen LogP contribution in [0.3, 0.4) is 0 Å². The Morgan fingerprint density at radius 2 is 1.95 bits per heavy atom. The third kappa shape index (κ3) is 2.90. The molecule has 1 atom stereocenters. The van der Waals surface area contributed by atoms with E-state index in [1.807, 2.05) is 55.5 Å². The Balaban J connectivity index is 1.94. The van der Waals surface area contributed by atoms with Gasteiger partial charge in [-0.1, -0.05) is 51.8 Å². The fourth-order valence-electron chi connectivity index (χ4n) is 2.25. The first kappa shape index (κ1) is 14.8. The van der Waals surface area contributed by atoms with Crippen LogP contribution in [-0.2, 0) is 9.53 Å². The van der Waals surface area contributed by atoms with Crippen LogP contribution in [0.5, 0.6) is 0 Å². The molecular formula is C17H15BrN2O2. The van der Waals surface area contributed by atoms with E-state index in [9.17, 15) is 4.79 Å². The maximum absolute atomic E-state index is 11.9. The molecule has 0 N–H and O–H groups in total. The molecule has 1 aliphatic rings. The van der Waals surface area contributed by atoms with Gasteiger partial charge in [0.05, 0.1) is 0 Å². The van der Waals surface area contributed by atoms with Crippen LogP contribution in [-0.4, -0.2) is 16.8 Å². The third-order valence-electron chi connectivity index (χ3n) is 3.40. The fourth-order valence-corrected chi connectivity index (χ4v) is 2.65. The van der Waals surface area contributed by atoms with Crippen molar-refractivity contribution in [3.05, 3.63) is 69.7 Å². The van der Waals surface area contributed by atoms with Crippen molar-refractivity contribution in [2.24, 2.45) is 5.10 Å². The quantitative estimate of drug-likeness (QED) is 0.814. The smallest absolute Gasteiger partial charge is 0.243 e. The molecule has 0 saturated carbocycles. The predicted octanol–water partition coefficient (Wildman–Crippen LogP) is 4.00. The number of hydrogen-bond donors (Lipinski definition) is 0. The van der Waals surface area contributed by atoms with Gasteiger partial charge in [-0.2, -0.15) is 5.01 Å². The van der Waals surface area contributed by atoms with Crippen LogP contribution >= 0.6 is 15.9 Å². The molecule has 0 saturated heterocycles. The highest BCUT2D eigenvalue weighted by Crippen LogP contribution is 2.30. The zero-order chi connectivity index (χ0) is 15.7. The van der Waals surface area contributed by atoms with E-state index < -0.39 is 6.23 Å². The number of hydrogen-bond acceptors (Lipinski definition) is 3. The molecule has 1 aliphatic heterocycles. The Labute approximate surface area is 137 Å². The zero-order valence-corrected chi connectivity index (χ0v) is 13.9. The van der Waals surface area contributed by atoms with E-state index >= 15 is 0 Å². The van der Waals surface area contributed by atoms with E-state index in [2.05, 4.69) is 21.0 Å². The summed E-state index contributed by atoms with van der Waals surface area (Å²) in [5, 5.41) is 5.71. The second-order valence-electron chi connectivity index (χ2n) is 5.16. The number of hydrazone groups is 1. The monoisotopic (exact) mass is 358 g/mol. The number of amides is 1. The van der Waals surface area contributed by atoms with Gasteiger partial charge in [0, 0.05) is 22.5 Å². The number of carbonyl (C=O) groups excluding carboxylic acids is 1. The maximum atomic E-state index is 11.9. The van der Waals surface area contributed by atoms with E-state index in [4.69, 9.17) is 4.74 Å². The van der Waals surface area contributed by atoms with E-state index in [1.54, 1.807) is 0 Å². The number of aryl methyl sites for hydroxylation is 1. The summed E-state index contributed by atoms with van der Waals surface area (Å²) in [5.41, 5.74) is 2.88. The molecule has 0 bridgehead atoms. The number of benzene rings is 2. The molecule has 22 heavy (non-hydrogen) atoms. The number of rotatable bonds is 2. The lowest BCUT2D eigenvalue weighted by molar-refractivity contribution is -0.135. The molecule has 1 heterocycles. The van der Waals surface area contributed by atoms with E-state index in [1.165, 1.54) is 11.9 Å². The summed E-state index contributed by atoms with van der Waals surface area (Å²) in [6.07, 6.45) is -0.521. The van der Waals surface area contributed by atoms with Crippen LogP contribution in [0.15, 0.2) is 58.1 Å². The topological polar surface area (TPSA) is 41.9 Å². The molecule has 0 aromatic heterocycles. The minimum atomic E-state index is -0.521. The van der Waals surface area contributed by atoms with Gasteiger partial charge in [-0.15, -0.1) is 5.10 Å². The van der Waals surface area contributed by atoms with Crippen LogP contribution in [0, 0.1) is 6.92 Å². The van der Waals surface area contributed by atoms with Gasteiger partial charge >= 0.3 is 0 Å². The lowest BCUT2D eigenvalue weighted by atomic mass is 10.1. The molecule has 0 fully saturated rings. The van der Waals surface area contributed by atoms with Gasteiger partial charge in [0.1, 0.15) is 0 Å². The summed E-state index contributed by atoms with van der Waals surface area (Å²) in [6, 6.07) is 15.5. The minimum absolute atomic E-state index is 0.157. The first-order chi connectivity index (χ1) is 10.5. The second kappa shape index (κ2) is 5.93. The lowest BCUT2D eigenvalue weighted by Crippen LogP contribution is -2.25. The van der Waals surface area contributed by atoms with Crippen molar-refractivity contribution in [1.82, 2.24) is 5.01 Å². The second-order valence-corrected chi connectivity index (χ2v) is 6.08.